The van der Waals surface area contributed by atoms with Gasteiger partial charge < -0.3 is 10.4 Å². The van der Waals surface area contributed by atoms with Gasteiger partial charge in [0.15, 0.2) is 0 Å². The van der Waals surface area contributed by atoms with Crippen molar-refractivity contribution in [3.8, 4) is 11.1 Å². The Morgan fingerprint density at radius 2 is 1.90 bits per heavy atom. The Bertz CT molecular complexity index is 579. The van der Waals surface area contributed by atoms with Crippen molar-refractivity contribution < 1.29 is 9.90 Å². The van der Waals surface area contributed by atoms with E-state index < -0.39 is 0 Å². The summed E-state index contributed by atoms with van der Waals surface area (Å²) < 4.78 is 0. The molecule has 2 N–H and O–H groups in total. The Hall–Kier alpha value is -2.13. The highest BCUT2D eigenvalue weighted by atomic mass is 16.3. The first-order valence-electron chi connectivity index (χ1n) is 6.77. The number of carbonyl (C=O) groups excluding carboxylic acids is 1. The highest BCUT2D eigenvalue weighted by Gasteiger charge is 2.06. The molecule has 0 bridgehead atoms. The van der Waals surface area contributed by atoms with Gasteiger partial charge in [-0.3, -0.25) is 4.79 Å². The van der Waals surface area contributed by atoms with Gasteiger partial charge in [-0.25, -0.2) is 0 Å². The average Bonchev–Trinajstić information content (AvgIpc) is 2.48. The summed E-state index contributed by atoms with van der Waals surface area (Å²) >= 11 is 0. The predicted molar refractivity (Wildman–Crippen MR) is 81.6 cm³/mol. The van der Waals surface area contributed by atoms with Gasteiger partial charge in [-0.15, -0.1) is 0 Å². The first-order chi connectivity index (χ1) is 9.70. The second-order valence-corrected chi connectivity index (χ2v) is 4.77. The third kappa shape index (κ3) is 3.68. The summed E-state index contributed by atoms with van der Waals surface area (Å²) in [5, 5.41) is 11.6. The van der Waals surface area contributed by atoms with Crippen molar-refractivity contribution in [3.63, 3.8) is 0 Å². The molecular formula is C17H19NO2. The van der Waals surface area contributed by atoms with E-state index in [0.29, 0.717) is 12.8 Å². The zero-order chi connectivity index (χ0) is 14.4. The third-order valence-corrected chi connectivity index (χ3v) is 3.17. The Kier molecular flexibility index (Phi) is 4.91. The minimum atomic E-state index is -0.0677. The summed E-state index contributed by atoms with van der Waals surface area (Å²) in [6.07, 6.45) is 0.828. The molecule has 0 saturated heterocycles. The topological polar surface area (TPSA) is 49.3 Å². The standard InChI is InChI=1S/C17H19NO2/c1-13-9-10-15(18-17(20)8-5-11-19)12-16(13)14-6-3-2-4-7-14/h2-4,6-7,9-10,12,19H,5,8,11H2,1H3,(H,18,20). The van der Waals surface area contributed by atoms with E-state index in [1.54, 1.807) is 0 Å². The zero-order valence-corrected chi connectivity index (χ0v) is 11.6. The smallest absolute Gasteiger partial charge is 0.224 e. The largest absolute Gasteiger partial charge is 0.396 e. The van der Waals surface area contributed by atoms with E-state index in [0.717, 1.165) is 16.8 Å². The Balaban J connectivity index is 2.19. The van der Waals surface area contributed by atoms with Crippen LogP contribution in [0.4, 0.5) is 5.69 Å². The number of anilines is 1. The van der Waals surface area contributed by atoms with Crippen molar-refractivity contribution >= 4 is 11.6 Å². The molecule has 0 aliphatic rings. The van der Waals surface area contributed by atoms with Crippen LogP contribution in [0.2, 0.25) is 0 Å². The summed E-state index contributed by atoms with van der Waals surface area (Å²) in [6.45, 7) is 2.09. The van der Waals surface area contributed by atoms with Crippen molar-refractivity contribution in [3.05, 3.63) is 54.1 Å². The van der Waals surface area contributed by atoms with Gasteiger partial charge in [-0.2, -0.15) is 0 Å². The van der Waals surface area contributed by atoms with E-state index in [9.17, 15) is 4.79 Å². The monoisotopic (exact) mass is 269 g/mol. The van der Waals surface area contributed by atoms with Crippen LogP contribution in [0.15, 0.2) is 48.5 Å². The van der Waals surface area contributed by atoms with Gasteiger partial charge in [0.2, 0.25) is 5.91 Å². The van der Waals surface area contributed by atoms with Gasteiger partial charge in [0.05, 0.1) is 0 Å². The van der Waals surface area contributed by atoms with Gasteiger partial charge in [0.25, 0.3) is 0 Å². The number of carbonyl (C=O) groups is 1. The lowest BCUT2D eigenvalue weighted by atomic mass is 10.00. The number of rotatable bonds is 5. The normalized spacial score (nSPS) is 10.3. The molecule has 1 amide bonds. The number of aryl methyl sites for hydroxylation is 1. The van der Waals surface area contributed by atoms with Crippen molar-refractivity contribution in [2.24, 2.45) is 0 Å². The molecule has 0 spiro atoms. The third-order valence-electron chi connectivity index (χ3n) is 3.17. The minimum absolute atomic E-state index is 0.0383. The number of aliphatic hydroxyl groups excluding tert-OH is 1. The highest BCUT2D eigenvalue weighted by molar-refractivity contribution is 5.91. The fraction of sp³-hybridized carbons (Fsp3) is 0.235. The molecule has 0 atom stereocenters. The van der Waals surface area contributed by atoms with Gasteiger partial charge in [0, 0.05) is 18.7 Å². The Morgan fingerprint density at radius 3 is 2.60 bits per heavy atom. The van der Waals surface area contributed by atoms with Crippen LogP contribution in [0.5, 0.6) is 0 Å². The van der Waals surface area contributed by atoms with Gasteiger partial charge in [0.1, 0.15) is 0 Å². The van der Waals surface area contributed by atoms with E-state index in [1.807, 2.05) is 36.4 Å². The minimum Gasteiger partial charge on any atom is -0.396 e. The SMILES string of the molecule is Cc1ccc(NC(=O)CCCO)cc1-c1ccccc1. The van der Waals surface area contributed by atoms with E-state index >= 15 is 0 Å². The molecular weight excluding hydrogens is 250 g/mol. The fourth-order valence-corrected chi connectivity index (χ4v) is 2.09. The second kappa shape index (κ2) is 6.87. The summed E-state index contributed by atoms with van der Waals surface area (Å²) in [6, 6.07) is 16.0. The lowest BCUT2D eigenvalue weighted by Crippen LogP contribution is -2.11. The number of hydrogen-bond acceptors (Lipinski definition) is 2. The first-order valence-corrected chi connectivity index (χ1v) is 6.77. The quantitative estimate of drug-likeness (QED) is 0.874. The van der Waals surface area contributed by atoms with E-state index in [-0.39, 0.29) is 12.5 Å². The van der Waals surface area contributed by atoms with Crippen molar-refractivity contribution in [1.29, 1.82) is 0 Å². The van der Waals surface area contributed by atoms with Crippen LogP contribution >= 0.6 is 0 Å². The second-order valence-electron chi connectivity index (χ2n) is 4.77. The number of hydrogen-bond donors (Lipinski definition) is 2. The van der Waals surface area contributed by atoms with Gasteiger partial charge >= 0.3 is 0 Å². The highest BCUT2D eigenvalue weighted by Crippen LogP contribution is 2.26. The molecule has 3 nitrogen and oxygen atoms in total. The molecule has 2 aromatic rings. The molecule has 0 heterocycles. The van der Waals surface area contributed by atoms with Crippen LogP contribution < -0.4 is 5.32 Å². The maximum Gasteiger partial charge on any atom is 0.224 e. The van der Waals surface area contributed by atoms with E-state index in [1.165, 1.54) is 5.56 Å². The van der Waals surface area contributed by atoms with E-state index in [2.05, 4.69) is 24.4 Å². The molecule has 0 unspecified atom stereocenters. The molecule has 3 heteroatoms. The zero-order valence-electron chi connectivity index (χ0n) is 11.6. The number of benzene rings is 2. The molecule has 0 saturated carbocycles. The lowest BCUT2D eigenvalue weighted by Gasteiger charge is -2.10. The summed E-state index contributed by atoms with van der Waals surface area (Å²) in [7, 11) is 0. The predicted octanol–water partition coefficient (Wildman–Crippen LogP) is 3.37. The fourth-order valence-electron chi connectivity index (χ4n) is 2.09. The molecule has 0 fully saturated rings. The lowest BCUT2D eigenvalue weighted by molar-refractivity contribution is -0.116. The van der Waals surface area contributed by atoms with Crippen molar-refractivity contribution in [1.82, 2.24) is 0 Å². The van der Waals surface area contributed by atoms with Crippen LogP contribution in [0.25, 0.3) is 11.1 Å². The van der Waals surface area contributed by atoms with Crippen molar-refractivity contribution in [2.75, 3.05) is 11.9 Å². The molecule has 20 heavy (non-hydrogen) atoms. The summed E-state index contributed by atoms with van der Waals surface area (Å²) in [5.74, 6) is -0.0677. The van der Waals surface area contributed by atoms with Crippen molar-refractivity contribution in [2.45, 2.75) is 19.8 Å². The summed E-state index contributed by atoms with van der Waals surface area (Å²) in [5.41, 5.74) is 4.21. The first kappa shape index (κ1) is 14.3. The number of amides is 1. The molecule has 0 aliphatic carbocycles. The average molecular weight is 269 g/mol. The number of nitrogens with one attached hydrogen (secondary N) is 1. The Labute approximate surface area is 119 Å². The van der Waals surface area contributed by atoms with Crippen LogP contribution in [0, 0.1) is 6.92 Å². The Morgan fingerprint density at radius 1 is 1.15 bits per heavy atom. The molecule has 0 aliphatic heterocycles. The molecule has 0 aromatic heterocycles. The molecule has 0 radical (unpaired) electrons. The summed E-state index contributed by atoms with van der Waals surface area (Å²) in [4.78, 5) is 11.7. The molecule has 2 aromatic carbocycles. The van der Waals surface area contributed by atoms with Crippen LogP contribution in [-0.2, 0) is 4.79 Å². The maximum absolute atomic E-state index is 11.7. The maximum atomic E-state index is 11.7. The van der Waals surface area contributed by atoms with Gasteiger partial charge in [-0.05, 0) is 42.2 Å². The molecule has 104 valence electrons. The van der Waals surface area contributed by atoms with Gasteiger partial charge in [-0.1, -0.05) is 36.4 Å². The molecule has 2 rings (SSSR count). The number of aliphatic hydroxyl groups is 1. The van der Waals surface area contributed by atoms with Crippen LogP contribution in [-0.4, -0.2) is 17.6 Å². The van der Waals surface area contributed by atoms with Crippen LogP contribution in [0.1, 0.15) is 18.4 Å². The van der Waals surface area contributed by atoms with Crippen LogP contribution in [0.3, 0.4) is 0 Å². The van der Waals surface area contributed by atoms with E-state index in [4.69, 9.17) is 5.11 Å².